The van der Waals surface area contributed by atoms with Crippen molar-refractivity contribution in [3.05, 3.63) is 78.4 Å². The highest BCUT2D eigenvalue weighted by molar-refractivity contribution is 6.05. The van der Waals surface area contributed by atoms with E-state index in [1.807, 2.05) is 66.7 Å². The van der Waals surface area contributed by atoms with Gasteiger partial charge in [-0.25, -0.2) is 0 Å². The smallest absolute Gasteiger partial charge is 0.303 e. The SMILES string of the molecule is COc1cc([C@@H]2O[C@H](COC(C)=O)[C@@H](OC(C)=O)[C@H](OC(C)=O)[C@H]2OC(C)=O)c2[nH]c(-c3ccccc3)c(-c3ccccc3)c2c1. The van der Waals surface area contributed by atoms with Gasteiger partial charge in [-0.2, -0.15) is 0 Å². The number of H-pyrrole nitrogens is 1. The van der Waals surface area contributed by atoms with Crippen molar-refractivity contribution in [1.82, 2.24) is 4.98 Å². The number of carbonyl (C=O) groups excluding carboxylic acids is 4. The molecule has 240 valence electrons. The molecule has 0 saturated carbocycles. The monoisotopic (exact) mass is 629 g/mol. The summed E-state index contributed by atoms with van der Waals surface area (Å²) >= 11 is 0. The van der Waals surface area contributed by atoms with Crippen molar-refractivity contribution in [3.8, 4) is 28.1 Å². The fourth-order valence-electron chi connectivity index (χ4n) is 5.84. The van der Waals surface area contributed by atoms with E-state index in [-0.39, 0.29) is 6.61 Å². The molecule has 0 amide bonds. The third-order valence-corrected chi connectivity index (χ3v) is 7.57. The Kier molecular flexibility index (Phi) is 9.72. The lowest BCUT2D eigenvalue weighted by molar-refractivity contribution is -0.254. The molecule has 1 fully saturated rings. The van der Waals surface area contributed by atoms with Crippen LogP contribution in [-0.2, 0) is 42.9 Å². The van der Waals surface area contributed by atoms with Gasteiger partial charge in [0.25, 0.3) is 0 Å². The predicted molar refractivity (Wildman–Crippen MR) is 167 cm³/mol. The molecule has 1 saturated heterocycles. The summed E-state index contributed by atoms with van der Waals surface area (Å²) in [5, 5.41) is 0.784. The highest BCUT2D eigenvalue weighted by Crippen LogP contribution is 2.46. The summed E-state index contributed by atoms with van der Waals surface area (Å²) in [4.78, 5) is 52.6. The molecule has 11 nitrogen and oxygen atoms in total. The van der Waals surface area contributed by atoms with Gasteiger partial charge in [0.05, 0.1) is 18.3 Å². The van der Waals surface area contributed by atoms with Crippen LogP contribution in [0.5, 0.6) is 5.75 Å². The molecule has 0 unspecified atom stereocenters. The van der Waals surface area contributed by atoms with Crippen LogP contribution < -0.4 is 4.74 Å². The molecule has 0 spiro atoms. The minimum atomic E-state index is -1.32. The lowest BCUT2D eigenvalue weighted by atomic mass is 9.89. The molecule has 11 heteroatoms. The number of fused-ring (bicyclic) bond motifs is 1. The highest BCUT2D eigenvalue weighted by atomic mass is 16.7. The maximum absolute atomic E-state index is 12.5. The Hall–Kier alpha value is -5.16. The van der Waals surface area contributed by atoms with Gasteiger partial charge in [0, 0.05) is 44.2 Å². The Morgan fingerprint density at radius 1 is 0.717 bits per heavy atom. The van der Waals surface area contributed by atoms with Gasteiger partial charge in [0.1, 0.15) is 24.6 Å². The van der Waals surface area contributed by atoms with Crippen LogP contribution in [0, 0.1) is 0 Å². The summed E-state index contributed by atoms with van der Waals surface area (Å²) in [5.41, 5.74) is 4.72. The van der Waals surface area contributed by atoms with Gasteiger partial charge in [-0.15, -0.1) is 0 Å². The molecular formula is C35H35NO10. The maximum Gasteiger partial charge on any atom is 0.303 e. The summed E-state index contributed by atoms with van der Waals surface area (Å²) in [5.74, 6) is -2.21. The van der Waals surface area contributed by atoms with E-state index < -0.39 is 54.4 Å². The molecule has 2 heterocycles. The Labute approximate surface area is 265 Å². The quantitative estimate of drug-likeness (QED) is 0.191. The minimum absolute atomic E-state index is 0.337. The number of esters is 4. The molecular weight excluding hydrogens is 594 g/mol. The lowest BCUT2D eigenvalue weighted by Gasteiger charge is -2.44. The molecule has 0 aliphatic carbocycles. The Morgan fingerprint density at radius 2 is 1.28 bits per heavy atom. The number of rotatable bonds is 9. The van der Waals surface area contributed by atoms with Crippen LogP contribution in [0.1, 0.15) is 39.4 Å². The zero-order chi connectivity index (χ0) is 33.0. The first-order chi connectivity index (χ1) is 22.1. The standard InChI is InChI=1S/C35H35NO10/c1-19(37)42-18-28-33(43-20(2)38)35(45-22(4)40)34(44-21(3)39)32(46-28)27-17-25(41-5)16-26-29(23-12-8-6-9-13-23)30(36-31(26)27)24-14-10-7-11-15-24/h6-17,28,32-36H,18H2,1-5H3/t28-,32+,33-,34+,35+/m1/s1. The predicted octanol–water partition coefficient (Wildman–Crippen LogP) is 5.31. The lowest BCUT2D eigenvalue weighted by Crippen LogP contribution is -2.59. The molecule has 1 aliphatic rings. The number of hydrogen-bond acceptors (Lipinski definition) is 10. The Balaban J connectivity index is 1.78. The van der Waals surface area contributed by atoms with Gasteiger partial charge >= 0.3 is 23.9 Å². The average molecular weight is 630 g/mol. The molecule has 1 N–H and O–H groups in total. The molecule has 1 aliphatic heterocycles. The number of benzene rings is 3. The average Bonchev–Trinajstić information content (AvgIpc) is 3.41. The van der Waals surface area contributed by atoms with Gasteiger partial charge in [0.2, 0.25) is 0 Å². The van der Waals surface area contributed by atoms with E-state index in [1.54, 1.807) is 6.07 Å². The van der Waals surface area contributed by atoms with Gasteiger partial charge in [-0.3, -0.25) is 19.2 Å². The van der Waals surface area contributed by atoms with E-state index in [0.717, 1.165) is 27.8 Å². The number of hydrogen-bond donors (Lipinski definition) is 1. The fourth-order valence-corrected chi connectivity index (χ4v) is 5.84. The van der Waals surface area contributed by atoms with Crippen molar-refractivity contribution >= 4 is 34.8 Å². The van der Waals surface area contributed by atoms with Crippen molar-refractivity contribution in [3.63, 3.8) is 0 Å². The minimum Gasteiger partial charge on any atom is -0.497 e. The number of carbonyl (C=O) groups is 4. The highest BCUT2D eigenvalue weighted by Gasteiger charge is 2.53. The van der Waals surface area contributed by atoms with Crippen LogP contribution in [0.2, 0.25) is 0 Å². The van der Waals surface area contributed by atoms with Crippen molar-refractivity contribution in [1.29, 1.82) is 0 Å². The summed E-state index contributed by atoms with van der Waals surface area (Å²) in [6.45, 7) is 4.48. The second-order valence-corrected chi connectivity index (χ2v) is 10.9. The van der Waals surface area contributed by atoms with Crippen LogP contribution in [0.15, 0.2) is 72.8 Å². The second kappa shape index (κ2) is 13.9. The number of ether oxygens (including phenoxy) is 6. The summed E-state index contributed by atoms with van der Waals surface area (Å²) in [6.07, 6.45) is -6.08. The molecule has 46 heavy (non-hydrogen) atoms. The fraction of sp³-hybridized carbons (Fsp3) is 0.314. The van der Waals surface area contributed by atoms with E-state index in [4.69, 9.17) is 28.4 Å². The zero-order valence-electron chi connectivity index (χ0n) is 26.1. The van der Waals surface area contributed by atoms with E-state index in [0.29, 0.717) is 16.8 Å². The van der Waals surface area contributed by atoms with E-state index in [1.165, 1.54) is 34.8 Å². The van der Waals surface area contributed by atoms with E-state index in [9.17, 15) is 19.2 Å². The van der Waals surface area contributed by atoms with E-state index >= 15 is 0 Å². The van der Waals surface area contributed by atoms with Gasteiger partial charge in [0.15, 0.2) is 18.3 Å². The van der Waals surface area contributed by atoms with E-state index in [2.05, 4.69) is 4.98 Å². The number of methoxy groups -OCH3 is 1. The van der Waals surface area contributed by atoms with Crippen LogP contribution in [0.3, 0.4) is 0 Å². The topological polar surface area (TPSA) is 139 Å². The van der Waals surface area contributed by atoms with Crippen molar-refractivity contribution in [2.45, 2.75) is 58.2 Å². The third-order valence-electron chi connectivity index (χ3n) is 7.57. The Bertz CT molecular complexity index is 1730. The van der Waals surface area contributed by atoms with Gasteiger partial charge in [-0.05, 0) is 23.3 Å². The Morgan fingerprint density at radius 3 is 1.85 bits per heavy atom. The van der Waals surface area contributed by atoms with Crippen molar-refractivity contribution in [2.75, 3.05) is 13.7 Å². The normalized spacial score (nSPS) is 20.8. The first-order valence-corrected chi connectivity index (χ1v) is 14.7. The second-order valence-electron chi connectivity index (χ2n) is 10.9. The molecule has 5 atom stereocenters. The largest absolute Gasteiger partial charge is 0.497 e. The van der Waals surface area contributed by atoms with Crippen molar-refractivity contribution in [2.24, 2.45) is 0 Å². The number of aromatic nitrogens is 1. The maximum atomic E-state index is 12.5. The summed E-state index contributed by atoms with van der Waals surface area (Å²) in [7, 11) is 1.53. The van der Waals surface area contributed by atoms with Crippen LogP contribution in [0.25, 0.3) is 33.3 Å². The molecule has 4 aromatic rings. The van der Waals surface area contributed by atoms with Crippen LogP contribution in [0.4, 0.5) is 0 Å². The van der Waals surface area contributed by atoms with Gasteiger partial charge < -0.3 is 33.4 Å². The third kappa shape index (κ3) is 6.89. The zero-order valence-corrected chi connectivity index (χ0v) is 26.1. The molecule has 3 aromatic carbocycles. The first kappa shape index (κ1) is 32.2. The molecule has 0 bridgehead atoms. The van der Waals surface area contributed by atoms with Crippen molar-refractivity contribution < 1.29 is 47.6 Å². The summed E-state index contributed by atoms with van der Waals surface area (Å²) in [6, 6.07) is 23.3. The van der Waals surface area contributed by atoms with Crippen LogP contribution in [-0.4, -0.2) is 67.0 Å². The van der Waals surface area contributed by atoms with Gasteiger partial charge in [-0.1, -0.05) is 60.7 Å². The first-order valence-electron chi connectivity index (χ1n) is 14.7. The number of nitrogens with one attached hydrogen (secondary N) is 1. The van der Waals surface area contributed by atoms with Crippen LogP contribution >= 0.6 is 0 Å². The molecule has 5 rings (SSSR count). The molecule has 0 radical (unpaired) electrons. The molecule has 1 aromatic heterocycles. The number of aromatic amines is 1. The summed E-state index contributed by atoms with van der Waals surface area (Å²) < 4.78 is 34.6.